The van der Waals surface area contributed by atoms with Crippen molar-refractivity contribution >= 4 is 6.09 Å². The fraction of sp³-hybridized carbons (Fsp3) is 0.364. The van der Waals surface area contributed by atoms with Gasteiger partial charge in [-0.3, -0.25) is 0 Å². The molecule has 1 aromatic heterocycles. The summed E-state index contributed by atoms with van der Waals surface area (Å²) in [5.41, 5.74) is 0.826. The minimum absolute atomic E-state index is 0.0268. The van der Waals surface area contributed by atoms with E-state index in [2.05, 4.69) is 15.4 Å². The van der Waals surface area contributed by atoms with Gasteiger partial charge in [0.15, 0.2) is 5.82 Å². The molecule has 0 bridgehead atoms. The van der Waals surface area contributed by atoms with Crippen molar-refractivity contribution in [1.82, 2.24) is 25.0 Å². The third-order valence-electron chi connectivity index (χ3n) is 7.62. The Hall–Kier alpha value is -4.25. The molecule has 0 radical (unpaired) electrons. The molecule has 4 aromatic rings. The standard InChI is InChI=1S/C33H35F4N5O2/c1-33(2,3)29(38-16-23-18-41(19-28(23)37)32(43)44-20-21-8-5-4-6-9-21)31-39-30(26-15-25(35)12-13-27(26)36)40-42(31)17-22-10-7-11-24(34)14-22/h4-15,23,28-29,38H,16-20H2,1-3H3/t23-,28+,29+/m1/s1. The monoisotopic (exact) mass is 609 g/mol. The highest BCUT2D eigenvalue weighted by atomic mass is 19.1. The zero-order valence-corrected chi connectivity index (χ0v) is 24.8. The van der Waals surface area contributed by atoms with Gasteiger partial charge in [-0.15, -0.1) is 0 Å². The molecular formula is C33H35F4N5O2. The van der Waals surface area contributed by atoms with Gasteiger partial charge in [0.2, 0.25) is 0 Å². The average Bonchev–Trinajstić information content (AvgIpc) is 3.56. The lowest BCUT2D eigenvalue weighted by Crippen LogP contribution is -2.39. The Balaban J connectivity index is 1.36. The topological polar surface area (TPSA) is 72.3 Å². The number of rotatable bonds is 9. The number of nitrogens with zero attached hydrogens (tertiary/aromatic N) is 4. The Bertz CT molecular complexity index is 1590. The van der Waals surface area contributed by atoms with E-state index in [4.69, 9.17) is 4.74 Å². The van der Waals surface area contributed by atoms with Gasteiger partial charge in [-0.25, -0.2) is 32.0 Å². The summed E-state index contributed by atoms with van der Waals surface area (Å²) in [6.45, 7) is 6.36. The number of carbonyl (C=O) groups is 1. The lowest BCUT2D eigenvalue weighted by atomic mass is 9.85. The Labute approximate surface area is 253 Å². The summed E-state index contributed by atoms with van der Waals surface area (Å²) in [5, 5.41) is 7.92. The second-order valence-electron chi connectivity index (χ2n) is 12.1. The summed E-state index contributed by atoms with van der Waals surface area (Å²) in [6, 6.07) is 17.8. The van der Waals surface area contributed by atoms with Gasteiger partial charge in [-0.1, -0.05) is 63.2 Å². The van der Waals surface area contributed by atoms with Gasteiger partial charge in [0.1, 0.15) is 36.1 Å². The number of alkyl halides is 1. The van der Waals surface area contributed by atoms with E-state index in [1.807, 2.05) is 51.1 Å². The summed E-state index contributed by atoms with van der Waals surface area (Å²) >= 11 is 0. The molecule has 3 atom stereocenters. The quantitative estimate of drug-likeness (QED) is 0.214. The van der Waals surface area contributed by atoms with E-state index < -0.39 is 47.1 Å². The smallest absolute Gasteiger partial charge is 0.410 e. The molecule has 0 spiro atoms. The van der Waals surface area contributed by atoms with E-state index in [9.17, 15) is 18.0 Å². The zero-order chi connectivity index (χ0) is 31.4. The zero-order valence-electron chi connectivity index (χ0n) is 24.8. The average molecular weight is 610 g/mol. The van der Waals surface area contributed by atoms with Crippen LogP contribution >= 0.6 is 0 Å². The van der Waals surface area contributed by atoms with Crippen LogP contribution in [-0.2, 0) is 17.9 Å². The van der Waals surface area contributed by atoms with E-state index in [0.717, 1.165) is 23.8 Å². The summed E-state index contributed by atoms with van der Waals surface area (Å²) in [5.74, 6) is -1.91. The normalized spacial score (nSPS) is 17.6. The molecule has 1 saturated heterocycles. The molecule has 0 unspecified atom stereocenters. The number of benzene rings is 3. The van der Waals surface area contributed by atoms with Crippen molar-refractivity contribution in [2.45, 2.75) is 46.1 Å². The van der Waals surface area contributed by atoms with Crippen LogP contribution in [-0.4, -0.2) is 51.6 Å². The maximum atomic E-state index is 15.2. The van der Waals surface area contributed by atoms with Crippen molar-refractivity contribution in [2.24, 2.45) is 11.3 Å². The molecule has 1 fully saturated rings. The molecular weight excluding hydrogens is 574 g/mol. The minimum atomic E-state index is -1.28. The van der Waals surface area contributed by atoms with E-state index >= 15 is 4.39 Å². The Morgan fingerprint density at radius 2 is 1.70 bits per heavy atom. The van der Waals surface area contributed by atoms with Crippen LogP contribution in [0.15, 0.2) is 72.8 Å². The molecule has 0 aliphatic carbocycles. The molecule has 1 N–H and O–H groups in total. The number of nitrogens with one attached hydrogen (secondary N) is 1. The van der Waals surface area contributed by atoms with E-state index in [1.54, 1.807) is 12.1 Å². The van der Waals surface area contributed by atoms with Gasteiger partial charge in [0.05, 0.1) is 24.7 Å². The molecule has 44 heavy (non-hydrogen) atoms. The number of hydrogen-bond donors (Lipinski definition) is 1. The van der Waals surface area contributed by atoms with Crippen LogP contribution in [0.1, 0.15) is 43.8 Å². The molecule has 232 valence electrons. The maximum Gasteiger partial charge on any atom is 0.410 e. The second kappa shape index (κ2) is 13.2. The first-order valence-electron chi connectivity index (χ1n) is 14.5. The van der Waals surface area contributed by atoms with Crippen LogP contribution in [0.2, 0.25) is 0 Å². The third-order valence-corrected chi connectivity index (χ3v) is 7.62. The molecule has 2 heterocycles. The fourth-order valence-electron chi connectivity index (χ4n) is 5.31. The summed E-state index contributed by atoms with van der Waals surface area (Å²) in [7, 11) is 0. The minimum Gasteiger partial charge on any atom is -0.445 e. The van der Waals surface area contributed by atoms with E-state index in [-0.39, 0.29) is 44.2 Å². The van der Waals surface area contributed by atoms with Gasteiger partial charge in [-0.05, 0) is 46.9 Å². The number of hydrogen-bond acceptors (Lipinski definition) is 5. The number of amides is 1. The van der Waals surface area contributed by atoms with Crippen LogP contribution in [0, 0.1) is 28.8 Å². The fourth-order valence-corrected chi connectivity index (χ4v) is 5.31. The number of likely N-dealkylation sites (tertiary alicyclic amines) is 1. The summed E-state index contributed by atoms with van der Waals surface area (Å²) < 4.78 is 65.0. The molecule has 7 nitrogen and oxygen atoms in total. The Morgan fingerprint density at radius 3 is 2.43 bits per heavy atom. The van der Waals surface area contributed by atoms with Gasteiger partial charge < -0.3 is 15.0 Å². The van der Waals surface area contributed by atoms with Gasteiger partial charge in [-0.2, -0.15) is 5.10 Å². The molecule has 11 heteroatoms. The first kappa shape index (κ1) is 31.2. The Kier molecular flexibility index (Phi) is 9.33. The van der Waals surface area contributed by atoms with Crippen LogP contribution in [0.3, 0.4) is 0 Å². The number of carbonyl (C=O) groups excluding carboxylic acids is 1. The van der Waals surface area contributed by atoms with Crippen LogP contribution < -0.4 is 5.32 Å². The molecule has 3 aromatic carbocycles. The SMILES string of the molecule is CC(C)(C)[C@@H](NC[C@@H]1CN(C(=O)OCc2ccccc2)C[C@@H]1F)c1nc(-c2cc(F)ccc2F)nn1Cc1cccc(F)c1. The van der Waals surface area contributed by atoms with Crippen molar-refractivity contribution in [2.75, 3.05) is 19.6 Å². The first-order chi connectivity index (χ1) is 21.0. The van der Waals surface area contributed by atoms with Crippen LogP contribution in [0.25, 0.3) is 11.4 Å². The van der Waals surface area contributed by atoms with Crippen molar-refractivity contribution in [3.05, 3.63) is 107 Å². The lowest BCUT2D eigenvalue weighted by Gasteiger charge is -2.32. The van der Waals surface area contributed by atoms with Crippen molar-refractivity contribution in [1.29, 1.82) is 0 Å². The Morgan fingerprint density at radius 1 is 0.977 bits per heavy atom. The van der Waals surface area contributed by atoms with Crippen molar-refractivity contribution < 1.29 is 27.1 Å². The van der Waals surface area contributed by atoms with Gasteiger partial charge in [0.25, 0.3) is 0 Å². The lowest BCUT2D eigenvalue weighted by molar-refractivity contribution is 0.101. The van der Waals surface area contributed by atoms with Crippen LogP contribution in [0.4, 0.5) is 22.4 Å². The summed E-state index contributed by atoms with van der Waals surface area (Å²) in [6.07, 6.45) is -1.86. The molecule has 5 rings (SSSR count). The summed E-state index contributed by atoms with van der Waals surface area (Å²) in [4.78, 5) is 18.7. The second-order valence-corrected chi connectivity index (χ2v) is 12.1. The predicted molar refractivity (Wildman–Crippen MR) is 158 cm³/mol. The van der Waals surface area contributed by atoms with Gasteiger partial charge in [0, 0.05) is 19.0 Å². The highest BCUT2D eigenvalue weighted by Crippen LogP contribution is 2.34. The van der Waals surface area contributed by atoms with Crippen LogP contribution in [0.5, 0.6) is 0 Å². The number of halogens is 4. The van der Waals surface area contributed by atoms with Crippen molar-refractivity contribution in [3.8, 4) is 11.4 Å². The molecule has 1 amide bonds. The maximum absolute atomic E-state index is 15.2. The predicted octanol–water partition coefficient (Wildman–Crippen LogP) is 6.69. The van der Waals surface area contributed by atoms with Gasteiger partial charge >= 0.3 is 6.09 Å². The number of ether oxygens (including phenoxy) is 1. The highest BCUT2D eigenvalue weighted by molar-refractivity contribution is 5.68. The molecule has 1 aliphatic heterocycles. The van der Waals surface area contributed by atoms with E-state index in [1.165, 1.54) is 21.7 Å². The molecule has 1 aliphatic rings. The highest BCUT2D eigenvalue weighted by Gasteiger charge is 2.38. The number of aromatic nitrogens is 3. The van der Waals surface area contributed by atoms with Crippen molar-refractivity contribution in [3.63, 3.8) is 0 Å². The first-order valence-corrected chi connectivity index (χ1v) is 14.5. The third kappa shape index (κ3) is 7.45. The van der Waals surface area contributed by atoms with E-state index in [0.29, 0.717) is 11.4 Å². The molecule has 0 saturated carbocycles. The largest absolute Gasteiger partial charge is 0.445 e.